The van der Waals surface area contributed by atoms with E-state index in [1.807, 2.05) is 30.9 Å². The van der Waals surface area contributed by atoms with E-state index >= 15 is 0 Å². The molecule has 0 radical (unpaired) electrons. The summed E-state index contributed by atoms with van der Waals surface area (Å²) >= 11 is 0. The third kappa shape index (κ3) is 2.71. The summed E-state index contributed by atoms with van der Waals surface area (Å²) in [4.78, 5) is 14.6. The van der Waals surface area contributed by atoms with Gasteiger partial charge in [0.2, 0.25) is 5.91 Å². The molecule has 1 amide bonds. The van der Waals surface area contributed by atoms with Crippen molar-refractivity contribution in [3.05, 3.63) is 23.3 Å². The lowest BCUT2D eigenvalue weighted by molar-refractivity contribution is -0.135. The molecule has 1 aromatic carbocycles. The Morgan fingerprint density at radius 3 is 2.29 bits per heavy atom. The molecule has 0 bridgehead atoms. The number of rotatable bonds is 5. The molecule has 4 nitrogen and oxygen atoms in total. The third-order valence-electron chi connectivity index (χ3n) is 4.57. The minimum atomic E-state index is 0.0247. The molecule has 1 aliphatic rings. The summed E-state index contributed by atoms with van der Waals surface area (Å²) in [6.07, 6.45) is 0.784. The van der Waals surface area contributed by atoms with E-state index in [-0.39, 0.29) is 17.7 Å². The molecule has 0 unspecified atom stereocenters. The Labute approximate surface area is 127 Å². The van der Waals surface area contributed by atoms with Crippen molar-refractivity contribution < 1.29 is 14.3 Å². The van der Waals surface area contributed by atoms with E-state index in [0.717, 1.165) is 31.0 Å². The highest BCUT2D eigenvalue weighted by atomic mass is 16.5. The monoisotopic (exact) mass is 291 g/mol. The third-order valence-corrected chi connectivity index (χ3v) is 4.57. The fraction of sp³-hybridized carbons (Fsp3) is 0.588. The highest BCUT2D eigenvalue weighted by Gasteiger charge is 2.36. The van der Waals surface area contributed by atoms with Gasteiger partial charge in [-0.3, -0.25) is 4.79 Å². The maximum Gasteiger partial charge on any atom is 0.226 e. The van der Waals surface area contributed by atoms with Gasteiger partial charge in [-0.25, -0.2) is 0 Å². The normalized spacial score (nSPS) is 20.0. The number of benzene rings is 1. The van der Waals surface area contributed by atoms with Gasteiger partial charge in [0.25, 0.3) is 0 Å². The second-order valence-electron chi connectivity index (χ2n) is 5.52. The summed E-state index contributed by atoms with van der Waals surface area (Å²) in [6.45, 7) is 7.72. The number of hydrogen-bond donors (Lipinski definition) is 0. The second kappa shape index (κ2) is 6.37. The average molecular weight is 291 g/mol. The van der Waals surface area contributed by atoms with E-state index in [0.29, 0.717) is 0 Å². The molecule has 0 fully saturated rings. The van der Waals surface area contributed by atoms with Crippen molar-refractivity contribution in [2.45, 2.75) is 33.1 Å². The molecular formula is C17H25NO3. The molecule has 2 rings (SSSR count). The molecule has 21 heavy (non-hydrogen) atoms. The van der Waals surface area contributed by atoms with E-state index in [9.17, 15) is 4.79 Å². The van der Waals surface area contributed by atoms with Crippen LogP contribution in [-0.2, 0) is 11.2 Å². The molecule has 0 heterocycles. The quantitative estimate of drug-likeness (QED) is 0.837. The fourth-order valence-electron chi connectivity index (χ4n) is 3.24. The lowest BCUT2D eigenvalue weighted by Crippen LogP contribution is -2.37. The van der Waals surface area contributed by atoms with Crippen molar-refractivity contribution in [1.29, 1.82) is 0 Å². The molecule has 0 aliphatic heterocycles. The first-order chi connectivity index (χ1) is 10.1. The number of amides is 1. The molecule has 0 aromatic heterocycles. The predicted octanol–water partition coefficient (Wildman–Crippen LogP) is 2.85. The van der Waals surface area contributed by atoms with Crippen molar-refractivity contribution >= 4 is 5.91 Å². The first kappa shape index (κ1) is 15.7. The van der Waals surface area contributed by atoms with Gasteiger partial charge in [-0.1, -0.05) is 6.92 Å². The summed E-state index contributed by atoms with van der Waals surface area (Å²) in [5, 5.41) is 0. The van der Waals surface area contributed by atoms with Gasteiger partial charge in [-0.15, -0.1) is 0 Å². The molecule has 116 valence electrons. The second-order valence-corrected chi connectivity index (χ2v) is 5.52. The maximum absolute atomic E-state index is 12.7. The minimum absolute atomic E-state index is 0.0247. The van der Waals surface area contributed by atoms with Crippen LogP contribution in [-0.4, -0.2) is 38.1 Å². The van der Waals surface area contributed by atoms with Crippen LogP contribution in [0.15, 0.2) is 12.1 Å². The summed E-state index contributed by atoms with van der Waals surface area (Å²) < 4.78 is 10.7. The van der Waals surface area contributed by atoms with Gasteiger partial charge in [-0.05, 0) is 49.4 Å². The van der Waals surface area contributed by atoms with Gasteiger partial charge in [0.15, 0.2) is 11.5 Å². The Morgan fingerprint density at radius 2 is 1.76 bits per heavy atom. The van der Waals surface area contributed by atoms with E-state index in [1.165, 1.54) is 11.1 Å². The highest BCUT2D eigenvalue weighted by Crippen LogP contribution is 2.43. The van der Waals surface area contributed by atoms with Crippen molar-refractivity contribution in [1.82, 2.24) is 4.90 Å². The Balaban J connectivity index is 2.31. The van der Waals surface area contributed by atoms with Gasteiger partial charge >= 0.3 is 0 Å². The van der Waals surface area contributed by atoms with Gasteiger partial charge in [0.05, 0.1) is 14.2 Å². The molecule has 0 saturated heterocycles. The van der Waals surface area contributed by atoms with Gasteiger partial charge in [0, 0.05) is 19.0 Å². The predicted molar refractivity (Wildman–Crippen MR) is 83.1 cm³/mol. The molecule has 0 saturated carbocycles. The lowest BCUT2D eigenvalue weighted by atomic mass is 9.93. The minimum Gasteiger partial charge on any atom is -0.493 e. The zero-order valence-electron chi connectivity index (χ0n) is 13.6. The number of hydrogen-bond acceptors (Lipinski definition) is 3. The van der Waals surface area contributed by atoms with Gasteiger partial charge in [0.1, 0.15) is 0 Å². The maximum atomic E-state index is 12.7. The van der Waals surface area contributed by atoms with E-state index in [2.05, 4.69) is 6.92 Å². The van der Waals surface area contributed by atoms with Crippen LogP contribution in [0.2, 0.25) is 0 Å². The first-order valence-corrected chi connectivity index (χ1v) is 7.60. The topological polar surface area (TPSA) is 38.8 Å². The van der Waals surface area contributed by atoms with Crippen LogP contribution < -0.4 is 9.47 Å². The van der Waals surface area contributed by atoms with E-state index in [1.54, 1.807) is 14.2 Å². The number of carbonyl (C=O) groups excluding carboxylic acids is 1. The number of ether oxygens (including phenoxy) is 2. The molecule has 2 atom stereocenters. The SMILES string of the molecule is CCN(CC)C(=O)[C@H]1Cc2cc(OC)c(OC)cc2[C@@H]1C. The Morgan fingerprint density at radius 1 is 1.19 bits per heavy atom. The van der Waals surface area contributed by atoms with Crippen LogP contribution in [0.25, 0.3) is 0 Å². The first-order valence-electron chi connectivity index (χ1n) is 7.60. The molecule has 1 aromatic rings. The number of fused-ring (bicyclic) bond motifs is 1. The molecule has 0 spiro atoms. The van der Waals surface area contributed by atoms with Gasteiger partial charge < -0.3 is 14.4 Å². The average Bonchev–Trinajstić information content (AvgIpc) is 2.83. The molecular weight excluding hydrogens is 266 g/mol. The standard InChI is InChI=1S/C17H25NO3/c1-6-18(7-2)17(19)14-8-12-9-15(20-4)16(21-5)10-13(12)11(14)3/h9-11,14H,6-8H2,1-5H3/t11-,14-/m0/s1. The molecule has 4 heteroatoms. The van der Waals surface area contributed by atoms with Crippen LogP contribution in [0.4, 0.5) is 0 Å². The van der Waals surface area contributed by atoms with Crippen molar-refractivity contribution in [3.63, 3.8) is 0 Å². The number of carbonyl (C=O) groups is 1. The van der Waals surface area contributed by atoms with Gasteiger partial charge in [-0.2, -0.15) is 0 Å². The van der Waals surface area contributed by atoms with Crippen molar-refractivity contribution in [2.75, 3.05) is 27.3 Å². The Hall–Kier alpha value is -1.71. The highest BCUT2D eigenvalue weighted by molar-refractivity contribution is 5.81. The Kier molecular flexibility index (Phi) is 4.76. The summed E-state index contributed by atoms with van der Waals surface area (Å²) in [7, 11) is 3.28. The van der Waals surface area contributed by atoms with Crippen LogP contribution in [0.1, 0.15) is 37.8 Å². The fourth-order valence-corrected chi connectivity index (χ4v) is 3.24. The smallest absolute Gasteiger partial charge is 0.226 e. The van der Waals surface area contributed by atoms with Crippen LogP contribution >= 0.6 is 0 Å². The van der Waals surface area contributed by atoms with E-state index in [4.69, 9.17) is 9.47 Å². The Bertz CT molecular complexity index is 523. The zero-order chi connectivity index (χ0) is 15.6. The summed E-state index contributed by atoms with van der Waals surface area (Å²) in [5.41, 5.74) is 2.41. The summed E-state index contributed by atoms with van der Waals surface area (Å²) in [5.74, 6) is 1.96. The van der Waals surface area contributed by atoms with Crippen molar-refractivity contribution in [2.24, 2.45) is 5.92 Å². The molecule has 1 aliphatic carbocycles. The van der Waals surface area contributed by atoms with Crippen LogP contribution in [0, 0.1) is 5.92 Å². The number of methoxy groups -OCH3 is 2. The van der Waals surface area contributed by atoms with Crippen LogP contribution in [0.3, 0.4) is 0 Å². The lowest BCUT2D eigenvalue weighted by Gasteiger charge is -2.25. The number of nitrogens with zero attached hydrogens (tertiary/aromatic N) is 1. The molecule has 0 N–H and O–H groups in total. The van der Waals surface area contributed by atoms with Crippen molar-refractivity contribution in [3.8, 4) is 11.5 Å². The largest absolute Gasteiger partial charge is 0.493 e. The zero-order valence-corrected chi connectivity index (χ0v) is 13.6. The summed E-state index contributed by atoms with van der Waals surface area (Å²) in [6, 6.07) is 4.04. The van der Waals surface area contributed by atoms with E-state index < -0.39 is 0 Å². The van der Waals surface area contributed by atoms with Crippen LogP contribution in [0.5, 0.6) is 11.5 Å².